The minimum atomic E-state index is 0.392. The van der Waals surface area contributed by atoms with Crippen LogP contribution in [0.3, 0.4) is 0 Å². The van der Waals surface area contributed by atoms with Crippen molar-refractivity contribution in [2.24, 2.45) is 0 Å². The average molecular weight is 258 g/mol. The third-order valence-electron chi connectivity index (χ3n) is 1.70. The zero-order valence-electron chi connectivity index (χ0n) is 7.51. The molecular formula is C10H12BrNS. The predicted molar refractivity (Wildman–Crippen MR) is 61.8 cm³/mol. The molecule has 0 aliphatic carbocycles. The van der Waals surface area contributed by atoms with E-state index in [1.165, 1.54) is 9.35 Å². The van der Waals surface area contributed by atoms with Gasteiger partial charge in [0.15, 0.2) is 0 Å². The van der Waals surface area contributed by atoms with Gasteiger partial charge in [0.2, 0.25) is 0 Å². The summed E-state index contributed by atoms with van der Waals surface area (Å²) in [5, 5.41) is 5.50. The second kappa shape index (κ2) is 5.43. The number of hydrogen-bond donors (Lipinski definition) is 1. The van der Waals surface area contributed by atoms with E-state index in [9.17, 15) is 0 Å². The molecule has 0 amide bonds. The molecular weight excluding hydrogens is 246 g/mol. The Kier molecular flexibility index (Phi) is 4.51. The maximum Gasteiger partial charge on any atom is 0.0701 e. The van der Waals surface area contributed by atoms with Crippen LogP contribution >= 0.6 is 27.3 Å². The van der Waals surface area contributed by atoms with Crippen molar-refractivity contribution in [2.45, 2.75) is 25.9 Å². The quantitative estimate of drug-likeness (QED) is 0.818. The molecule has 0 aliphatic heterocycles. The van der Waals surface area contributed by atoms with Gasteiger partial charge in [-0.15, -0.1) is 23.7 Å². The van der Waals surface area contributed by atoms with Gasteiger partial charge in [-0.05, 0) is 39.9 Å². The molecule has 0 aromatic carbocycles. The van der Waals surface area contributed by atoms with Crippen molar-refractivity contribution < 1.29 is 0 Å². The molecule has 0 saturated heterocycles. The summed E-state index contributed by atoms with van der Waals surface area (Å²) >= 11 is 5.13. The van der Waals surface area contributed by atoms with Gasteiger partial charge in [-0.1, -0.05) is 0 Å². The molecule has 13 heavy (non-hydrogen) atoms. The first kappa shape index (κ1) is 10.8. The minimum Gasteiger partial charge on any atom is -0.309 e. The Balaban J connectivity index is 2.31. The van der Waals surface area contributed by atoms with Crippen LogP contribution in [-0.2, 0) is 6.54 Å². The molecule has 1 aromatic heterocycles. The molecule has 0 saturated carbocycles. The Morgan fingerprint density at radius 3 is 3.08 bits per heavy atom. The van der Waals surface area contributed by atoms with E-state index in [-0.39, 0.29) is 0 Å². The molecule has 0 aliphatic rings. The van der Waals surface area contributed by atoms with Crippen LogP contribution in [0.5, 0.6) is 0 Å². The molecule has 0 bridgehead atoms. The summed E-state index contributed by atoms with van der Waals surface area (Å²) in [5.74, 6) is 2.64. The molecule has 1 rings (SSSR count). The molecule has 0 radical (unpaired) electrons. The van der Waals surface area contributed by atoms with Crippen molar-refractivity contribution in [3.8, 4) is 12.3 Å². The van der Waals surface area contributed by atoms with Gasteiger partial charge in [-0.25, -0.2) is 0 Å². The Morgan fingerprint density at radius 2 is 2.54 bits per heavy atom. The lowest BCUT2D eigenvalue weighted by atomic mass is 10.2. The van der Waals surface area contributed by atoms with Crippen molar-refractivity contribution in [3.05, 3.63) is 20.8 Å². The third kappa shape index (κ3) is 3.95. The van der Waals surface area contributed by atoms with Crippen molar-refractivity contribution in [1.29, 1.82) is 0 Å². The normalized spacial score (nSPS) is 12.4. The summed E-state index contributed by atoms with van der Waals surface area (Å²) in [6.07, 6.45) is 5.99. The highest BCUT2D eigenvalue weighted by Crippen LogP contribution is 2.20. The van der Waals surface area contributed by atoms with E-state index in [2.05, 4.69) is 45.5 Å². The molecule has 1 N–H and O–H groups in total. The van der Waals surface area contributed by atoms with Gasteiger partial charge in [0.25, 0.3) is 0 Å². The summed E-state index contributed by atoms with van der Waals surface area (Å²) < 4.78 is 1.17. The van der Waals surface area contributed by atoms with Crippen molar-refractivity contribution in [1.82, 2.24) is 5.32 Å². The topological polar surface area (TPSA) is 12.0 Å². The molecule has 0 spiro atoms. The van der Waals surface area contributed by atoms with Gasteiger partial charge in [0, 0.05) is 19.0 Å². The van der Waals surface area contributed by atoms with Gasteiger partial charge in [-0.3, -0.25) is 0 Å². The van der Waals surface area contributed by atoms with Crippen LogP contribution in [0.25, 0.3) is 0 Å². The number of hydrogen-bond acceptors (Lipinski definition) is 2. The Bertz CT molecular complexity index is 300. The second-order valence-electron chi connectivity index (χ2n) is 2.95. The molecule has 70 valence electrons. The van der Waals surface area contributed by atoms with Crippen molar-refractivity contribution in [2.75, 3.05) is 0 Å². The summed E-state index contributed by atoms with van der Waals surface area (Å²) in [6, 6.07) is 2.52. The number of rotatable bonds is 4. The van der Waals surface area contributed by atoms with Crippen LogP contribution in [0.15, 0.2) is 15.2 Å². The number of halogens is 1. The smallest absolute Gasteiger partial charge is 0.0701 e. The highest BCUT2D eigenvalue weighted by molar-refractivity contribution is 9.11. The maximum atomic E-state index is 5.21. The number of terminal acetylenes is 1. The van der Waals surface area contributed by atoms with Crippen LogP contribution in [0.1, 0.15) is 18.9 Å². The Labute approximate surface area is 91.7 Å². The van der Waals surface area contributed by atoms with E-state index in [1.54, 1.807) is 11.3 Å². The largest absolute Gasteiger partial charge is 0.309 e. The Morgan fingerprint density at radius 1 is 1.77 bits per heavy atom. The fourth-order valence-electron chi connectivity index (χ4n) is 0.980. The fourth-order valence-corrected chi connectivity index (χ4v) is 2.19. The van der Waals surface area contributed by atoms with E-state index >= 15 is 0 Å². The molecule has 1 atom stereocenters. The molecule has 3 heteroatoms. The third-order valence-corrected chi connectivity index (χ3v) is 3.25. The number of thiophene rings is 1. The second-order valence-corrected chi connectivity index (χ2v) is 5.24. The SMILES string of the molecule is C#CCC(C)NCc1csc(Br)c1. The van der Waals surface area contributed by atoms with Crippen LogP contribution in [0, 0.1) is 12.3 Å². The lowest BCUT2D eigenvalue weighted by Gasteiger charge is -2.08. The van der Waals surface area contributed by atoms with Gasteiger partial charge >= 0.3 is 0 Å². The summed E-state index contributed by atoms with van der Waals surface area (Å²) in [6.45, 7) is 2.99. The van der Waals surface area contributed by atoms with E-state index in [1.807, 2.05) is 0 Å². The predicted octanol–water partition coefficient (Wildman–Crippen LogP) is 3.01. The molecule has 1 aromatic rings. The minimum absolute atomic E-state index is 0.392. The van der Waals surface area contributed by atoms with Gasteiger partial charge in [-0.2, -0.15) is 0 Å². The van der Waals surface area contributed by atoms with E-state index in [0.29, 0.717) is 6.04 Å². The molecule has 1 unspecified atom stereocenters. The summed E-state index contributed by atoms with van der Waals surface area (Å²) in [5.41, 5.74) is 1.31. The van der Waals surface area contributed by atoms with E-state index in [4.69, 9.17) is 6.42 Å². The lowest BCUT2D eigenvalue weighted by molar-refractivity contribution is 0.560. The van der Waals surface area contributed by atoms with E-state index in [0.717, 1.165) is 13.0 Å². The van der Waals surface area contributed by atoms with Crippen molar-refractivity contribution in [3.63, 3.8) is 0 Å². The van der Waals surface area contributed by atoms with Crippen LogP contribution in [-0.4, -0.2) is 6.04 Å². The summed E-state index contributed by atoms with van der Waals surface area (Å²) in [7, 11) is 0. The van der Waals surface area contributed by atoms with Crippen molar-refractivity contribution >= 4 is 27.3 Å². The highest BCUT2D eigenvalue weighted by Gasteiger charge is 2.00. The highest BCUT2D eigenvalue weighted by atomic mass is 79.9. The first-order chi connectivity index (χ1) is 6.22. The molecule has 1 nitrogen and oxygen atoms in total. The van der Waals surface area contributed by atoms with Crippen LogP contribution in [0.2, 0.25) is 0 Å². The van der Waals surface area contributed by atoms with Crippen LogP contribution < -0.4 is 5.32 Å². The van der Waals surface area contributed by atoms with Gasteiger partial charge in [0.1, 0.15) is 0 Å². The fraction of sp³-hybridized carbons (Fsp3) is 0.400. The Hall–Kier alpha value is -0.300. The zero-order valence-corrected chi connectivity index (χ0v) is 9.91. The molecule has 1 heterocycles. The maximum absolute atomic E-state index is 5.21. The standard InChI is InChI=1S/C10H12BrNS/c1-3-4-8(2)12-6-9-5-10(11)13-7-9/h1,5,7-8,12H,4,6H2,2H3. The first-order valence-corrected chi connectivity index (χ1v) is 5.79. The van der Waals surface area contributed by atoms with Gasteiger partial charge in [0.05, 0.1) is 3.79 Å². The zero-order chi connectivity index (χ0) is 9.68. The lowest BCUT2D eigenvalue weighted by Crippen LogP contribution is -2.24. The van der Waals surface area contributed by atoms with Crippen LogP contribution in [0.4, 0.5) is 0 Å². The van der Waals surface area contributed by atoms with Gasteiger partial charge < -0.3 is 5.32 Å². The van der Waals surface area contributed by atoms with E-state index < -0.39 is 0 Å². The average Bonchev–Trinajstić information content (AvgIpc) is 2.49. The monoisotopic (exact) mass is 257 g/mol. The summed E-state index contributed by atoms with van der Waals surface area (Å²) in [4.78, 5) is 0. The number of nitrogens with one attached hydrogen (secondary N) is 1. The first-order valence-electron chi connectivity index (χ1n) is 4.12. The molecule has 0 fully saturated rings.